The summed E-state index contributed by atoms with van der Waals surface area (Å²) in [4.78, 5) is 9.42. The third-order valence-electron chi connectivity index (χ3n) is 1.44. The van der Waals surface area contributed by atoms with E-state index in [0.717, 1.165) is 4.47 Å². The average Bonchev–Trinajstić information content (AvgIpc) is 2.04. The van der Waals surface area contributed by atoms with Crippen molar-refractivity contribution in [3.05, 3.63) is 28.7 Å². The van der Waals surface area contributed by atoms with Crippen LogP contribution in [0.3, 0.4) is 0 Å². The van der Waals surface area contributed by atoms with Crippen LogP contribution in [0.4, 0.5) is 0 Å². The van der Waals surface area contributed by atoms with Crippen molar-refractivity contribution in [1.29, 1.82) is 0 Å². The Morgan fingerprint density at radius 2 is 2.31 bits per heavy atom. The molecule has 0 amide bonds. The summed E-state index contributed by atoms with van der Waals surface area (Å²) in [6.45, 7) is 1.90. The van der Waals surface area contributed by atoms with Gasteiger partial charge in [-0.05, 0) is 25.1 Å². The molecule has 1 N–H and O–H groups in total. The van der Waals surface area contributed by atoms with E-state index in [-0.39, 0.29) is 6.61 Å². The van der Waals surface area contributed by atoms with Gasteiger partial charge in [-0.1, -0.05) is 22.0 Å². The van der Waals surface area contributed by atoms with Gasteiger partial charge in [0.25, 0.3) is 0 Å². The Kier molecular flexibility index (Phi) is 3.68. The zero-order chi connectivity index (χ0) is 9.90. The Labute approximate surface area is 85.4 Å². The average molecular weight is 265 g/mol. The van der Waals surface area contributed by atoms with E-state index in [1.54, 1.807) is 31.2 Å². The molecule has 1 aromatic carbocycles. The van der Waals surface area contributed by atoms with E-state index in [1.165, 1.54) is 0 Å². The Morgan fingerprint density at radius 3 is 2.85 bits per heavy atom. The van der Waals surface area contributed by atoms with Gasteiger partial charge in [0, 0.05) is 4.47 Å². The van der Waals surface area contributed by atoms with Crippen molar-refractivity contribution in [3.63, 3.8) is 0 Å². The zero-order valence-corrected chi connectivity index (χ0v) is 9.59. The first-order valence-electron chi connectivity index (χ1n) is 3.79. The monoisotopic (exact) mass is 264 g/mol. The molecule has 3 nitrogen and oxygen atoms in total. The van der Waals surface area contributed by atoms with Gasteiger partial charge in [-0.3, -0.25) is 4.57 Å². The van der Waals surface area contributed by atoms with E-state index in [4.69, 9.17) is 4.52 Å². The second-order valence-corrected chi connectivity index (χ2v) is 5.15. The summed E-state index contributed by atoms with van der Waals surface area (Å²) in [5, 5.41) is 0.309. The normalized spacial score (nSPS) is 15.3. The first kappa shape index (κ1) is 10.9. The molecule has 1 rings (SSSR count). The molecule has 0 aromatic heterocycles. The summed E-state index contributed by atoms with van der Waals surface area (Å²) >= 11 is 3.22. The third kappa shape index (κ3) is 2.92. The van der Waals surface area contributed by atoms with Crippen LogP contribution in [-0.4, -0.2) is 11.5 Å². The predicted octanol–water partition coefficient (Wildman–Crippen LogP) is 2.30. The van der Waals surface area contributed by atoms with Crippen molar-refractivity contribution in [2.45, 2.75) is 6.92 Å². The minimum atomic E-state index is -3.60. The van der Waals surface area contributed by atoms with Crippen molar-refractivity contribution in [2.24, 2.45) is 0 Å². The van der Waals surface area contributed by atoms with E-state index < -0.39 is 7.60 Å². The molecule has 0 heterocycles. The number of hydrogen-bond acceptors (Lipinski definition) is 2. The van der Waals surface area contributed by atoms with Crippen molar-refractivity contribution in [3.8, 4) is 0 Å². The molecule has 0 fully saturated rings. The maximum Gasteiger partial charge on any atom is 0.358 e. The SMILES string of the molecule is CCOP(=O)(O)c1cccc(Br)c1. The van der Waals surface area contributed by atoms with Gasteiger partial charge in [0.15, 0.2) is 0 Å². The molecule has 1 unspecified atom stereocenters. The predicted molar refractivity (Wildman–Crippen MR) is 55.2 cm³/mol. The van der Waals surface area contributed by atoms with Crippen molar-refractivity contribution < 1.29 is 14.0 Å². The standard InChI is InChI=1S/C8H10BrO3P/c1-2-12-13(10,11)8-5-3-4-7(9)6-8/h3-6H,2H2,1H3,(H,10,11). The maximum atomic E-state index is 11.5. The highest BCUT2D eigenvalue weighted by atomic mass is 79.9. The lowest BCUT2D eigenvalue weighted by atomic mass is 10.4. The lowest BCUT2D eigenvalue weighted by Crippen LogP contribution is -2.06. The molecular formula is C8H10BrO3P. The van der Waals surface area contributed by atoms with E-state index in [2.05, 4.69) is 15.9 Å². The maximum absolute atomic E-state index is 11.5. The molecule has 13 heavy (non-hydrogen) atoms. The second kappa shape index (κ2) is 4.38. The van der Waals surface area contributed by atoms with E-state index >= 15 is 0 Å². The fourth-order valence-corrected chi connectivity index (χ4v) is 2.55. The van der Waals surface area contributed by atoms with Gasteiger partial charge in [0.1, 0.15) is 0 Å². The Bertz CT molecular complexity index is 340. The van der Waals surface area contributed by atoms with Crippen LogP contribution in [0.1, 0.15) is 6.92 Å². The van der Waals surface area contributed by atoms with Crippen molar-refractivity contribution in [2.75, 3.05) is 6.61 Å². The molecule has 0 aliphatic rings. The first-order valence-corrected chi connectivity index (χ1v) is 6.17. The summed E-state index contributed by atoms with van der Waals surface area (Å²) in [5.74, 6) is 0. The number of halogens is 1. The summed E-state index contributed by atoms with van der Waals surface area (Å²) in [6.07, 6.45) is 0. The van der Waals surface area contributed by atoms with Crippen LogP contribution in [0, 0.1) is 0 Å². The van der Waals surface area contributed by atoms with Gasteiger partial charge in [-0.25, -0.2) is 0 Å². The molecule has 0 aliphatic heterocycles. The molecule has 0 aliphatic carbocycles. The van der Waals surface area contributed by atoms with Gasteiger partial charge >= 0.3 is 7.60 Å². The van der Waals surface area contributed by atoms with Crippen LogP contribution in [-0.2, 0) is 9.09 Å². The zero-order valence-electron chi connectivity index (χ0n) is 7.11. The van der Waals surface area contributed by atoms with Gasteiger partial charge in [0.2, 0.25) is 0 Å². The van der Waals surface area contributed by atoms with Gasteiger partial charge < -0.3 is 9.42 Å². The fourth-order valence-electron chi connectivity index (χ4n) is 0.901. The third-order valence-corrected chi connectivity index (χ3v) is 3.47. The molecule has 1 atom stereocenters. The molecule has 0 saturated heterocycles. The lowest BCUT2D eigenvalue weighted by molar-refractivity contribution is 0.284. The Morgan fingerprint density at radius 1 is 1.62 bits per heavy atom. The lowest BCUT2D eigenvalue weighted by Gasteiger charge is -2.10. The molecule has 0 spiro atoms. The van der Waals surface area contributed by atoms with Crippen LogP contribution in [0.5, 0.6) is 0 Å². The van der Waals surface area contributed by atoms with Crippen LogP contribution in [0.15, 0.2) is 28.7 Å². The number of hydrogen-bond donors (Lipinski definition) is 1. The van der Waals surface area contributed by atoms with E-state index in [9.17, 15) is 9.46 Å². The largest absolute Gasteiger partial charge is 0.358 e. The highest BCUT2D eigenvalue weighted by Crippen LogP contribution is 2.40. The summed E-state index contributed by atoms with van der Waals surface area (Å²) in [7, 11) is -3.60. The molecule has 5 heteroatoms. The smallest absolute Gasteiger partial charge is 0.321 e. The van der Waals surface area contributed by atoms with Crippen molar-refractivity contribution >= 4 is 28.8 Å². The fraction of sp³-hybridized carbons (Fsp3) is 0.250. The molecule has 1 aromatic rings. The molecule has 72 valence electrons. The van der Waals surface area contributed by atoms with E-state index in [0.29, 0.717) is 5.30 Å². The molecular weight excluding hydrogens is 255 g/mol. The highest BCUT2D eigenvalue weighted by Gasteiger charge is 2.21. The Hall–Kier alpha value is -0.150. The highest BCUT2D eigenvalue weighted by molar-refractivity contribution is 9.10. The number of rotatable bonds is 3. The summed E-state index contributed by atoms with van der Waals surface area (Å²) in [6, 6.07) is 6.63. The second-order valence-electron chi connectivity index (χ2n) is 2.42. The molecule has 0 radical (unpaired) electrons. The van der Waals surface area contributed by atoms with Crippen LogP contribution >= 0.6 is 23.5 Å². The van der Waals surface area contributed by atoms with Crippen molar-refractivity contribution in [1.82, 2.24) is 0 Å². The van der Waals surface area contributed by atoms with Crippen LogP contribution in [0.25, 0.3) is 0 Å². The molecule has 0 bridgehead atoms. The summed E-state index contributed by atoms with van der Waals surface area (Å²) < 4.78 is 17.0. The number of benzene rings is 1. The Balaban J connectivity index is 3.00. The van der Waals surface area contributed by atoms with E-state index in [1.807, 2.05) is 0 Å². The van der Waals surface area contributed by atoms with Crippen LogP contribution in [0.2, 0.25) is 0 Å². The minimum Gasteiger partial charge on any atom is -0.321 e. The molecule has 0 saturated carbocycles. The van der Waals surface area contributed by atoms with Gasteiger partial charge in [-0.2, -0.15) is 0 Å². The minimum absolute atomic E-state index is 0.223. The topological polar surface area (TPSA) is 46.5 Å². The quantitative estimate of drug-likeness (QED) is 0.853. The van der Waals surface area contributed by atoms with Crippen LogP contribution < -0.4 is 5.30 Å². The van der Waals surface area contributed by atoms with Gasteiger partial charge in [0.05, 0.1) is 11.9 Å². The van der Waals surface area contributed by atoms with Gasteiger partial charge in [-0.15, -0.1) is 0 Å². The summed E-state index contributed by atoms with van der Waals surface area (Å²) in [5.41, 5.74) is 0. The first-order chi connectivity index (χ1) is 6.06.